The molecule has 2 unspecified atom stereocenters. The third-order valence-electron chi connectivity index (χ3n) is 2.42. The van der Waals surface area contributed by atoms with Gasteiger partial charge in [-0.1, -0.05) is 33.1 Å². The standard InChI is InChI=1S/C12H27O4P/c1-5-8-9-10-11-15-17(13,14-7-3)16-12(4)6-2/h12H,5-11H2,1-4H3. The van der Waals surface area contributed by atoms with Crippen LogP contribution >= 0.6 is 7.82 Å². The van der Waals surface area contributed by atoms with Crippen molar-refractivity contribution in [3.63, 3.8) is 0 Å². The lowest BCUT2D eigenvalue weighted by molar-refractivity contribution is 0.0851. The van der Waals surface area contributed by atoms with Crippen molar-refractivity contribution in [2.75, 3.05) is 13.2 Å². The number of hydrogen-bond donors (Lipinski definition) is 0. The summed E-state index contributed by atoms with van der Waals surface area (Å²) in [5.41, 5.74) is 0. The van der Waals surface area contributed by atoms with Crippen molar-refractivity contribution in [2.45, 2.75) is 65.9 Å². The van der Waals surface area contributed by atoms with Crippen LogP contribution in [0, 0.1) is 0 Å². The van der Waals surface area contributed by atoms with Crippen LogP contribution in [0.25, 0.3) is 0 Å². The van der Waals surface area contributed by atoms with Crippen LogP contribution < -0.4 is 0 Å². The average molecular weight is 266 g/mol. The van der Waals surface area contributed by atoms with Crippen molar-refractivity contribution in [2.24, 2.45) is 0 Å². The topological polar surface area (TPSA) is 44.8 Å². The molecular formula is C12H27O4P. The van der Waals surface area contributed by atoms with E-state index < -0.39 is 7.82 Å². The summed E-state index contributed by atoms with van der Waals surface area (Å²) in [4.78, 5) is 0. The molecule has 104 valence electrons. The van der Waals surface area contributed by atoms with Crippen LogP contribution in [-0.2, 0) is 18.1 Å². The number of rotatable bonds is 11. The smallest absolute Gasteiger partial charge is 0.287 e. The van der Waals surface area contributed by atoms with Gasteiger partial charge in [-0.15, -0.1) is 0 Å². The van der Waals surface area contributed by atoms with E-state index in [2.05, 4.69) is 6.92 Å². The quantitative estimate of drug-likeness (QED) is 0.406. The Balaban J connectivity index is 3.99. The Bertz CT molecular complexity index is 221. The number of unbranched alkanes of at least 4 members (excludes halogenated alkanes) is 3. The van der Waals surface area contributed by atoms with Gasteiger partial charge in [-0.3, -0.25) is 13.6 Å². The Morgan fingerprint density at radius 3 is 2.29 bits per heavy atom. The Labute approximate surface area is 106 Å². The highest BCUT2D eigenvalue weighted by molar-refractivity contribution is 7.48. The molecular weight excluding hydrogens is 239 g/mol. The zero-order valence-electron chi connectivity index (χ0n) is 11.6. The van der Waals surface area contributed by atoms with Gasteiger partial charge >= 0.3 is 7.82 Å². The van der Waals surface area contributed by atoms with E-state index in [-0.39, 0.29) is 6.10 Å². The molecule has 2 atom stereocenters. The molecule has 0 heterocycles. The van der Waals surface area contributed by atoms with E-state index in [1.807, 2.05) is 13.8 Å². The third kappa shape index (κ3) is 8.78. The van der Waals surface area contributed by atoms with Gasteiger partial charge in [0, 0.05) is 0 Å². The molecule has 0 aromatic carbocycles. The molecule has 0 aliphatic carbocycles. The molecule has 0 saturated carbocycles. The van der Waals surface area contributed by atoms with Gasteiger partial charge in [0.15, 0.2) is 0 Å². The van der Waals surface area contributed by atoms with Crippen LogP contribution in [0.3, 0.4) is 0 Å². The van der Waals surface area contributed by atoms with E-state index in [0.717, 1.165) is 19.3 Å². The highest BCUT2D eigenvalue weighted by atomic mass is 31.2. The summed E-state index contributed by atoms with van der Waals surface area (Å²) in [6.45, 7) is 8.55. The first-order valence-corrected chi connectivity index (χ1v) is 8.11. The molecule has 0 aliphatic rings. The molecule has 0 amide bonds. The van der Waals surface area contributed by atoms with Gasteiger partial charge in [-0.25, -0.2) is 4.57 Å². The molecule has 0 spiro atoms. The Morgan fingerprint density at radius 2 is 1.76 bits per heavy atom. The van der Waals surface area contributed by atoms with Crippen molar-refractivity contribution >= 4 is 7.82 Å². The monoisotopic (exact) mass is 266 g/mol. The molecule has 5 heteroatoms. The van der Waals surface area contributed by atoms with Crippen molar-refractivity contribution in [3.8, 4) is 0 Å². The van der Waals surface area contributed by atoms with Crippen LogP contribution in [0.2, 0.25) is 0 Å². The lowest BCUT2D eigenvalue weighted by Gasteiger charge is -2.20. The van der Waals surface area contributed by atoms with Crippen LogP contribution in [0.15, 0.2) is 0 Å². The normalized spacial score (nSPS) is 16.7. The number of hydrogen-bond acceptors (Lipinski definition) is 4. The van der Waals surface area contributed by atoms with Gasteiger partial charge in [0.1, 0.15) is 0 Å². The molecule has 0 rings (SSSR count). The van der Waals surface area contributed by atoms with E-state index in [4.69, 9.17) is 13.6 Å². The Kier molecular flexibility index (Phi) is 10.1. The van der Waals surface area contributed by atoms with Gasteiger partial charge in [-0.05, 0) is 26.7 Å². The molecule has 0 aromatic heterocycles. The predicted molar refractivity (Wildman–Crippen MR) is 70.2 cm³/mol. The van der Waals surface area contributed by atoms with Gasteiger partial charge in [0.2, 0.25) is 0 Å². The van der Waals surface area contributed by atoms with E-state index in [9.17, 15) is 4.57 Å². The maximum Gasteiger partial charge on any atom is 0.475 e. The van der Waals surface area contributed by atoms with E-state index >= 15 is 0 Å². The summed E-state index contributed by atoms with van der Waals surface area (Å²) in [7, 11) is -3.34. The lowest BCUT2D eigenvalue weighted by atomic mass is 10.2. The summed E-state index contributed by atoms with van der Waals surface area (Å²) in [6, 6.07) is 0. The summed E-state index contributed by atoms with van der Waals surface area (Å²) in [5.74, 6) is 0. The predicted octanol–water partition coefficient (Wildman–Crippen LogP) is 4.54. The highest BCUT2D eigenvalue weighted by Crippen LogP contribution is 2.50. The van der Waals surface area contributed by atoms with Crippen LogP contribution in [0.1, 0.15) is 59.8 Å². The van der Waals surface area contributed by atoms with E-state index in [1.165, 1.54) is 12.8 Å². The number of phosphoric acid groups is 1. The first-order chi connectivity index (χ1) is 8.08. The summed E-state index contributed by atoms with van der Waals surface area (Å²) in [5, 5.41) is 0. The summed E-state index contributed by atoms with van der Waals surface area (Å²) < 4.78 is 27.9. The van der Waals surface area contributed by atoms with Crippen LogP contribution in [0.4, 0.5) is 0 Å². The van der Waals surface area contributed by atoms with Crippen molar-refractivity contribution in [1.29, 1.82) is 0 Å². The zero-order valence-corrected chi connectivity index (χ0v) is 12.5. The minimum absolute atomic E-state index is 0.108. The maximum atomic E-state index is 12.1. The summed E-state index contributed by atoms with van der Waals surface area (Å²) in [6.07, 6.45) is 5.01. The van der Waals surface area contributed by atoms with Gasteiger partial charge in [0.25, 0.3) is 0 Å². The first-order valence-electron chi connectivity index (χ1n) is 6.65. The molecule has 0 fully saturated rings. The lowest BCUT2D eigenvalue weighted by Crippen LogP contribution is -2.09. The molecule has 0 bridgehead atoms. The third-order valence-corrected chi connectivity index (χ3v) is 4.11. The zero-order chi connectivity index (χ0) is 13.1. The molecule has 17 heavy (non-hydrogen) atoms. The second-order valence-corrected chi connectivity index (χ2v) is 5.70. The van der Waals surface area contributed by atoms with Crippen LogP contribution in [-0.4, -0.2) is 19.3 Å². The fraction of sp³-hybridized carbons (Fsp3) is 1.00. The van der Waals surface area contributed by atoms with Gasteiger partial charge < -0.3 is 0 Å². The minimum Gasteiger partial charge on any atom is -0.287 e. The first kappa shape index (κ1) is 17.1. The molecule has 0 aliphatic heterocycles. The van der Waals surface area contributed by atoms with E-state index in [1.54, 1.807) is 6.92 Å². The second-order valence-electron chi connectivity index (χ2n) is 4.08. The molecule has 0 aromatic rings. The van der Waals surface area contributed by atoms with Crippen molar-refractivity contribution in [1.82, 2.24) is 0 Å². The summed E-state index contributed by atoms with van der Waals surface area (Å²) >= 11 is 0. The molecule has 0 radical (unpaired) electrons. The molecule has 4 nitrogen and oxygen atoms in total. The minimum atomic E-state index is -3.34. The molecule has 0 N–H and O–H groups in total. The fourth-order valence-electron chi connectivity index (χ4n) is 1.26. The number of phosphoric ester groups is 1. The maximum absolute atomic E-state index is 12.1. The van der Waals surface area contributed by atoms with Crippen LogP contribution in [0.5, 0.6) is 0 Å². The van der Waals surface area contributed by atoms with Gasteiger partial charge in [0.05, 0.1) is 19.3 Å². The van der Waals surface area contributed by atoms with Crippen molar-refractivity contribution < 1.29 is 18.1 Å². The highest BCUT2D eigenvalue weighted by Gasteiger charge is 2.27. The Morgan fingerprint density at radius 1 is 1.06 bits per heavy atom. The molecule has 0 saturated heterocycles. The average Bonchev–Trinajstić information content (AvgIpc) is 2.29. The van der Waals surface area contributed by atoms with Gasteiger partial charge in [-0.2, -0.15) is 0 Å². The van der Waals surface area contributed by atoms with E-state index in [0.29, 0.717) is 13.2 Å². The largest absolute Gasteiger partial charge is 0.475 e. The SMILES string of the molecule is CCCCCCOP(=O)(OCC)OC(C)CC. The van der Waals surface area contributed by atoms with Crippen molar-refractivity contribution in [3.05, 3.63) is 0 Å². The second kappa shape index (κ2) is 10.1. The Hall–Kier alpha value is 0.110. The fourth-order valence-corrected chi connectivity index (χ4v) is 2.71.